The highest BCUT2D eigenvalue weighted by Crippen LogP contribution is 2.15. The summed E-state index contributed by atoms with van der Waals surface area (Å²) in [6.45, 7) is 2.20. The van der Waals surface area contributed by atoms with Crippen molar-refractivity contribution in [2.24, 2.45) is 0 Å². The van der Waals surface area contributed by atoms with Gasteiger partial charge in [-0.15, -0.1) is 11.6 Å². The molecule has 0 aromatic carbocycles. The highest BCUT2D eigenvalue weighted by Gasteiger charge is 2.16. The van der Waals surface area contributed by atoms with Crippen LogP contribution in [0.2, 0.25) is 0 Å². The standard InChI is InChI=1S/C10H21ClO2/c1-4-5-6-7-8-9(11)10(12-2)13-3/h9-10H,4-8H2,1-3H3. The molecule has 0 aliphatic rings. The molecule has 0 saturated heterocycles. The smallest absolute Gasteiger partial charge is 0.173 e. The molecule has 3 heteroatoms. The van der Waals surface area contributed by atoms with Crippen LogP contribution in [0.25, 0.3) is 0 Å². The molecule has 0 fully saturated rings. The molecule has 13 heavy (non-hydrogen) atoms. The van der Waals surface area contributed by atoms with Gasteiger partial charge in [0.1, 0.15) is 0 Å². The Morgan fingerprint density at radius 2 is 1.69 bits per heavy atom. The van der Waals surface area contributed by atoms with Crippen LogP contribution in [-0.2, 0) is 9.47 Å². The van der Waals surface area contributed by atoms with Crippen LogP contribution in [0.15, 0.2) is 0 Å². The lowest BCUT2D eigenvalue weighted by molar-refractivity contribution is -0.104. The second kappa shape index (κ2) is 8.79. The van der Waals surface area contributed by atoms with Crippen molar-refractivity contribution in [2.45, 2.75) is 50.7 Å². The predicted octanol–water partition coefficient (Wildman–Crippen LogP) is 3.18. The van der Waals surface area contributed by atoms with E-state index in [1.165, 1.54) is 19.3 Å². The fourth-order valence-electron chi connectivity index (χ4n) is 1.29. The predicted molar refractivity (Wildman–Crippen MR) is 56.2 cm³/mol. The normalized spacial score (nSPS) is 13.6. The zero-order valence-corrected chi connectivity index (χ0v) is 9.64. The maximum Gasteiger partial charge on any atom is 0.173 e. The number of ether oxygens (including phenoxy) is 2. The van der Waals surface area contributed by atoms with Gasteiger partial charge in [0.2, 0.25) is 0 Å². The van der Waals surface area contributed by atoms with E-state index >= 15 is 0 Å². The van der Waals surface area contributed by atoms with Gasteiger partial charge >= 0.3 is 0 Å². The summed E-state index contributed by atoms with van der Waals surface area (Å²) in [5.74, 6) is 0. The Balaban J connectivity index is 3.42. The van der Waals surface area contributed by atoms with E-state index in [2.05, 4.69) is 6.92 Å². The first kappa shape index (κ1) is 13.2. The van der Waals surface area contributed by atoms with Crippen molar-refractivity contribution < 1.29 is 9.47 Å². The summed E-state index contributed by atoms with van der Waals surface area (Å²) < 4.78 is 10.1. The molecule has 0 aliphatic carbocycles. The van der Waals surface area contributed by atoms with Gasteiger partial charge in [-0.2, -0.15) is 0 Å². The van der Waals surface area contributed by atoms with E-state index in [1.807, 2.05) is 0 Å². The van der Waals surface area contributed by atoms with Gasteiger partial charge in [0.05, 0.1) is 5.38 Å². The van der Waals surface area contributed by atoms with Crippen LogP contribution in [0.3, 0.4) is 0 Å². The second-order valence-corrected chi connectivity index (χ2v) is 3.77. The Hall–Kier alpha value is 0.210. The van der Waals surface area contributed by atoms with Crippen LogP contribution >= 0.6 is 11.6 Å². The zero-order valence-electron chi connectivity index (χ0n) is 8.88. The molecule has 0 aliphatic heterocycles. The molecule has 0 amide bonds. The summed E-state index contributed by atoms with van der Waals surface area (Å²) in [5, 5.41) is -0.0214. The fourth-order valence-corrected chi connectivity index (χ4v) is 1.65. The topological polar surface area (TPSA) is 18.5 Å². The molecule has 0 saturated carbocycles. The summed E-state index contributed by atoms with van der Waals surface area (Å²) in [5.41, 5.74) is 0. The molecule has 2 nitrogen and oxygen atoms in total. The van der Waals surface area contributed by atoms with Gasteiger partial charge in [0.15, 0.2) is 6.29 Å². The van der Waals surface area contributed by atoms with Crippen molar-refractivity contribution in [3.05, 3.63) is 0 Å². The van der Waals surface area contributed by atoms with E-state index in [1.54, 1.807) is 14.2 Å². The SMILES string of the molecule is CCCCCCC(Cl)C(OC)OC. The minimum atomic E-state index is -0.261. The van der Waals surface area contributed by atoms with Crippen molar-refractivity contribution in [2.75, 3.05) is 14.2 Å². The molecule has 80 valence electrons. The number of unbranched alkanes of at least 4 members (excludes halogenated alkanes) is 3. The molecule has 0 bridgehead atoms. The Bertz CT molecular complexity index is 105. The minimum absolute atomic E-state index is 0.0214. The van der Waals surface area contributed by atoms with E-state index in [0.29, 0.717) is 0 Å². The van der Waals surface area contributed by atoms with Crippen LogP contribution < -0.4 is 0 Å². The number of rotatable bonds is 8. The van der Waals surface area contributed by atoms with Crippen LogP contribution in [0.5, 0.6) is 0 Å². The van der Waals surface area contributed by atoms with Gasteiger partial charge in [0.25, 0.3) is 0 Å². The van der Waals surface area contributed by atoms with Gasteiger partial charge in [-0.25, -0.2) is 0 Å². The van der Waals surface area contributed by atoms with Crippen molar-refractivity contribution in [1.29, 1.82) is 0 Å². The third kappa shape index (κ3) is 6.30. The lowest BCUT2D eigenvalue weighted by Gasteiger charge is -2.18. The van der Waals surface area contributed by atoms with Gasteiger partial charge in [-0.3, -0.25) is 0 Å². The first-order valence-corrected chi connectivity index (χ1v) is 5.39. The summed E-state index contributed by atoms with van der Waals surface area (Å²) >= 11 is 6.08. The summed E-state index contributed by atoms with van der Waals surface area (Å²) in [7, 11) is 3.24. The molecular weight excluding hydrogens is 188 g/mol. The van der Waals surface area contributed by atoms with Crippen LogP contribution in [-0.4, -0.2) is 25.9 Å². The maximum absolute atomic E-state index is 6.08. The van der Waals surface area contributed by atoms with E-state index in [4.69, 9.17) is 21.1 Å². The number of hydrogen-bond acceptors (Lipinski definition) is 2. The highest BCUT2D eigenvalue weighted by atomic mass is 35.5. The molecule has 0 radical (unpaired) electrons. The fraction of sp³-hybridized carbons (Fsp3) is 1.00. The molecule has 0 aromatic heterocycles. The Morgan fingerprint density at radius 3 is 2.15 bits per heavy atom. The average Bonchev–Trinajstić information content (AvgIpc) is 2.14. The van der Waals surface area contributed by atoms with Crippen LogP contribution in [0.4, 0.5) is 0 Å². The van der Waals surface area contributed by atoms with Crippen LogP contribution in [0.1, 0.15) is 39.0 Å². The molecule has 0 rings (SSSR count). The summed E-state index contributed by atoms with van der Waals surface area (Å²) in [4.78, 5) is 0. The molecule has 0 N–H and O–H groups in total. The first-order valence-electron chi connectivity index (χ1n) is 4.95. The Labute approximate surface area is 86.6 Å². The van der Waals surface area contributed by atoms with Gasteiger partial charge in [0, 0.05) is 14.2 Å². The average molecular weight is 209 g/mol. The van der Waals surface area contributed by atoms with Gasteiger partial charge in [-0.1, -0.05) is 32.6 Å². The van der Waals surface area contributed by atoms with E-state index in [0.717, 1.165) is 12.8 Å². The molecule has 1 unspecified atom stereocenters. The number of methoxy groups -OCH3 is 2. The van der Waals surface area contributed by atoms with Crippen molar-refractivity contribution in [3.8, 4) is 0 Å². The largest absolute Gasteiger partial charge is 0.354 e. The van der Waals surface area contributed by atoms with Crippen LogP contribution in [0, 0.1) is 0 Å². The molecule has 1 atom stereocenters. The Kier molecular flexibility index (Phi) is 8.93. The first-order chi connectivity index (χ1) is 6.26. The van der Waals surface area contributed by atoms with E-state index in [9.17, 15) is 0 Å². The molecular formula is C10H21ClO2. The summed E-state index contributed by atoms with van der Waals surface area (Å²) in [6, 6.07) is 0. The summed E-state index contributed by atoms with van der Waals surface area (Å²) in [6.07, 6.45) is 5.65. The molecule has 0 spiro atoms. The second-order valence-electron chi connectivity index (χ2n) is 3.21. The highest BCUT2D eigenvalue weighted by molar-refractivity contribution is 6.20. The van der Waals surface area contributed by atoms with E-state index in [-0.39, 0.29) is 11.7 Å². The quantitative estimate of drug-likeness (QED) is 0.347. The number of halogens is 1. The minimum Gasteiger partial charge on any atom is -0.354 e. The van der Waals surface area contributed by atoms with Crippen molar-refractivity contribution in [3.63, 3.8) is 0 Å². The number of alkyl halides is 1. The molecule has 0 aromatic rings. The number of hydrogen-bond donors (Lipinski definition) is 0. The van der Waals surface area contributed by atoms with Crippen molar-refractivity contribution >= 4 is 11.6 Å². The van der Waals surface area contributed by atoms with E-state index < -0.39 is 0 Å². The molecule has 0 heterocycles. The lowest BCUT2D eigenvalue weighted by atomic mass is 10.1. The maximum atomic E-state index is 6.08. The Morgan fingerprint density at radius 1 is 1.08 bits per heavy atom. The van der Waals surface area contributed by atoms with Crippen molar-refractivity contribution in [1.82, 2.24) is 0 Å². The monoisotopic (exact) mass is 208 g/mol. The third-order valence-electron chi connectivity index (χ3n) is 2.09. The van der Waals surface area contributed by atoms with Gasteiger partial charge in [-0.05, 0) is 6.42 Å². The lowest BCUT2D eigenvalue weighted by Crippen LogP contribution is -2.25. The van der Waals surface area contributed by atoms with Gasteiger partial charge < -0.3 is 9.47 Å². The third-order valence-corrected chi connectivity index (χ3v) is 2.52. The zero-order chi connectivity index (χ0) is 10.1.